The van der Waals surface area contributed by atoms with Gasteiger partial charge in [0.2, 0.25) is 0 Å². The van der Waals surface area contributed by atoms with Crippen LogP contribution in [0.1, 0.15) is 17.5 Å². The Bertz CT molecular complexity index is 446. The van der Waals surface area contributed by atoms with Crippen LogP contribution >= 0.6 is 11.6 Å². The molecule has 2 aliphatic rings. The molecule has 0 aliphatic carbocycles. The molecule has 3 rings (SSSR count). The van der Waals surface area contributed by atoms with Crippen LogP contribution in [0.5, 0.6) is 0 Å². The van der Waals surface area contributed by atoms with E-state index in [0.717, 1.165) is 50.8 Å². The van der Waals surface area contributed by atoms with Crippen molar-refractivity contribution in [1.29, 1.82) is 0 Å². The molecule has 0 saturated carbocycles. The van der Waals surface area contributed by atoms with Gasteiger partial charge in [-0.2, -0.15) is 0 Å². The molecule has 0 spiro atoms. The lowest BCUT2D eigenvalue weighted by molar-refractivity contribution is 0.0359. The van der Waals surface area contributed by atoms with E-state index in [0.29, 0.717) is 0 Å². The molecule has 1 aromatic rings. The minimum absolute atomic E-state index is 0.865. The molecule has 0 amide bonds. The molecule has 0 atom stereocenters. The van der Waals surface area contributed by atoms with Gasteiger partial charge in [-0.05, 0) is 49.2 Å². The van der Waals surface area contributed by atoms with Gasteiger partial charge in [0.25, 0.3) is 0 Å². The maximum atomic E-state index is 6.05. The summed E-state index contributed by atoms with van der Waals surface area (Å²) in [6, 6.07) is 6.32. The number of hydrogen-bond donors (Lipinski definition) is 0. The van der Waals surface area contributed by atoms with Crippen molar-refractivity contribution in [2.45, 2.75) is 19.4 Å². The second-order valence-electron chi connectivity index (χ2n) is 5.75. The summed E-state index contributed by atoms with van der Waals surface area (Å²) in [6.07, 6.45) is 2.39. The molecule has 0 bridgehead atoms. The first-order chi connectivity index (χ1) is 9.81. The maximum Gasteiger partial charge on any atom is 0.0594 e. The number of rotatable bonds is 4. The monoisotopic (exact) mass is 294 g/mol. The lowest BCUT2D eigenvalue weighted by atomic mass is 10.00. The van der Waals surface area contributed by atoms with Gasteiger partial charge in [0.15, 0.2) is 0 Å². The van der Waals surface area contributed by atoms with E-state index in [1.807, 2.05) is 6.07 Å². The summed E-state index contributed by atoms with van der Waals surface area (Å²) in [5, 5.41) is 0.865. The predicted molar refractivity (Wildman–Crippen MR) is 82.3 cm³/mol. The fourth-order valence-electron chi connectivity index (χ4n) is 3.11. The van der Waals surface area contributed by atoms with Crippen LogP contribution in [0.15, 0.2) is 18.2 Å². The summed E-state index contributed by atoms with van der Waals surface area (Å²) >= 11 is 6.05. The Morgan fingerprint density at radius 1 is 1.00 bits per heavy atom. The Labute approximate surface area is 126 Å². The van der Waals surface area contributed by atoms with Gasteiger partial charge < -0.3 is 4.74 Å². The van der Waals surface area contributed by atoms with Crippen LogP contribution in [-0.4, -0.2) is 55.7 Å². The van der Waals surface area contributed by atoms with E-state index in [-0.39, 0.29) is 0 Å². The number of ether oxygens (including phenoxy) is 1. The highest BCUT2D eigenvalue weighted by molar-refractivity contribution is 6.30. The molecular weight excluding hydrogens is 272 g/mol. The van der Waals surface area contributed by atoms with Crippen LogP contribution in [0.25, 0.3) is 0 Å². The highest BCUT2D eigenvalue weighted by Crippen LogP contribution is 2.22. The van der Waals surface area contributed by atoms with Gasteiger partial charge in [-0.3, -0.25) is 9.80 Å². The summed E-state index contributed by atoms with van der Waals surface area (Å²) in [5.41, 5.74) is 2.88. The minimum atomic E-state index is 0.865. The molecular formula is C16H23ClN2O. The van der Waals surface area contributed by atoms with Crippen molar-refractivity contribution in [1.82, 2.24) is 9.80 Å². The van der Waals surface area contributed by atoms with Crippen molar-refractivity contribution in [3.8, 4) is 0 Å². The van der Waals surface area contributed by atoms with Crippen LogP contribution in [0.2, 0.25) is 5.02 Å². The highest BCUT2D eigenvalue weighted by Gasteiger charge is 2.16. The molecule has 2 heterocycles. The number of benzene rings is 1. The van der Waals surface area contributed by atoms with Crippen LogP contribution < -0.4 is 0 Å². The number of hydrogen-bond acceptors (Lipinski definition) is 3. The first-order valence-electron chi connectivity index (χ1n) is 7.61. The maximum absolute atomic E-state index is 6.05. The van der Waals surface area contributed by atoms with Crippen molar-refractivity contribution in [3.63, 3.8) is 0 Å². The normalized spacial score (nSPS) is 20.9. The molecule has 0 N–H and O–H groups in total. The van der Waals surface area contributed by atoms with Crippen molar-refractivity contribution in [2.24, 2.45) is 0 Å². The van der Waals surface area contributed by atoms with Crippen molar-refractivity contribution < 1.29 is 4.74 Å². The van der Waals surface area contributed by atoms with E-state index >= 15 is 0 Å². The zero-order valence-electron chi connectivity index (χ0n) is 12.0. The number of fused-ring (bicyclic) bond motifs is 1. The number of morpholine rings is 1. The largest absolute Gasteiger partial charge is 0.379 e. The Hall–Kier alpha value is -0.610. The van der Waals surface area contributed by atoms with Gasteiger partial charge in [0.05, 0.1) is 13.2 Å². The van der Waals surface area contributed by atoms with Crippen LogP contribution in [-0.2, 0) is 17.7 Å². The second-order valence-corrected chi connectivity index (χ2v) is 6.18. The first-order valence-corrected chi connectivity index (χ1v) is 7.99. The fraction of sp³-hybridized carbons (Fsp3) is 0.625. The predicted octanol–water partition coefficient (Wildman–Crippen LogP) is 2.42. The van der Waals surface area contributed by atoms with Crippen LogP contribution in [0.4, 0.5) is 0 Å². The van der Waals surface area contributed by atoms with E-state index in [2.05, 4.69) is 21.9 Å². The Kier molecular flexibility index (Phi) is 4.94. The van der Waals surface area contributed by atoms with Crippen molar-refractivity contribution in [3.05, 3.63) is 34.3 Å². The molecule has 20 heavy (non-hydrogen) atoms. The van der Waals surface area contributed by atoms with E-state index in [1.54, 1.807) is 0 Å². The third kappa shape index (κ3) is 3.73. The molecule has 4 heteroatoms. The zero-order chi connectivity index (χ0) is 13.8. The molecule has 1 aromatic carbocycles. The van der Waals surface area contributed by atoms with Crippen LogP contribution in [0.3, 0.4) is 0 Å². The Morgan fingerprint density at radius 2 is 1.80 bits per heavy atom. The average molecular weight is 295 g/mol. The Balaban J connectivity index is 1.44. The lowest BCUT2D eigenvalue weighted by Crippen LogP contribution is -2.38. The van der Waals surface area contributed by atoms with Gasteiger partial charge in [0.1, 0.15) is 0 Å². The minimum Gasteiger partial charge on any atom is -0.379 e. The third-order valence-corrected chi connectivity index (χ3v) is 4.55. The van der Waals surface area contributed by atoms with Gasteiger partial charge in [-0.25, -0.2) is 0 Å². The number of nitrogens with zero attached hydrogens (tertiary/aromatic N) is 2. The quantitative estimate of drug-likeness (QED) is 0.848. The summed E-state index contributed by atoms with van der Waals surface area (Å²) in [7, 11) is 0. The lowest BCUT2D eigenvalue weighted by Gasteiger charge is -2.31. The van der Waals surface area contributed by atoms with E-state index in [1.165, 1.54) is 30.6 Å². The summed E-state index contributed by atoms with van der Waals surface area (Å²) in [5.74, 6) is 0. The first kappa shape index (κ1) is 14.3. The zero-order valence-corrected chi connectivity index (χ0v) is 12.7. The second kappa shape index (κ2) is 6.90. The molecule has 3 nitrogen and oxygen atoms in total. The average Bonchev–Trinajstić information content (AvgIpc) is 2.48. The number of halogens is 1. The van der Waals surface area contributed by atoms with Gasteiger partial charge >= 0.3 is 0 Å². The summed E-state index contributed by atoms with van der Waals surface area (Å²) < 4.78 is 5.38. The van der Waals surface area contributed by atoms with Gasteiger partial charge in [0, 0.05) is 31.2 Å². The Morgan fingerprint density at radius 3 is 2.65 bits per heavy atom. The van der Waals surface area contributed by atoms with E-state index in [4.69, 9.17) is 16.3 Å². The summed E-state index contributed by atoms with van der Waals surface area (Å²) in [4.78, 5) is 5.08. The molecule has 0 unspecified atom stereocenters. The molecule has 2 aliphatic heterocycles. The van der Waals surface area contributed by atoms with E-state index in [9.17, 15) is 0 Å². The van der Waals surface area contributed by atoms with Gasteiger partial charge in [-0.15, -0.1) is 0 Å². The highest BCUT2D eigenvalue weighted by atomic mass is 35.5. The molecule has 1 saturated heterocycles. The smallest absolute Gasteiger partial charge is 0.0594 e. The van der Waals surface area contributed by atoms with Crippen molar-refractivity contribution >= 4 is 11.6 Å². The molecule has 0 aromatic heterocycles. The van der Waals surface area contributed by atoms with Crippen molar-refractivity contribution in [2.75, 3.05) is 45.9 Å². The van der Waals surface area contributed by atoms with E-state index < -0.39 is 0 Å². The molecule has 0 radical (unpaired) electrons. The molecule has 110 valence electrons. The standard InChI is InChI=1S/C16H23ClN2O/c17-16-3-2-15-13-19(7-4-14(15)12-16)6-1-5-18-8-10-20-11-9-18/h2-3,12H,1,4-11,13H2. The fourth-order valence-corrected chi connectivity index (χ4v) is 3.31. The topological polar surface area (TPSA) is 15.7 Å². The SMILES string of the molecule is Clc1ccc2c(c1)CCN(CCCN1CCOCC1)C2. The van der Waals surface area contributed by atoms with Gasteiger partial charge in [-0.1, -0.05) is 17.7 Å². The molecule has 1 fully saturated rings. The third-order valence-electron chi connectivity index (χ3n) is 4.31. The summed E-state index contributed by atoms with van der Waals surface area (Å²) in [6.45, 7) is 8.64. The van der Waals surface area contributed by atoms with Crippen LogP contribution in [0, 0.1) is 0 Å².